The van der Waals surface area contributed by atoms with Crippen molar-refractivity contribution in [1.82, 2.24) is 4.90 Å². The van der Waals surface area contributed by atoms with Crippen LogP contribution in [0.3, 0.4) is 0 Å². The molecule has 1 saturated carbocycles. The molecule has 2 N–H and O–H groups in total. The molecule has 0 unspecified atom stereocenters. The third-order valence-electron chi connectivity index (χ3n) is 5.20. The highest BCUT2D eigenvalue weighted by atomic mass is 16.5. The van der Waals surface area contributed by atoms with Crippen LogP contribution in [0, 0.1) is 11.8 Å². The highest BCUT2D eigenvalue weighted by molar-refractivity contribution is 4.96. The van der Waals surface area contributed by atoms with Crippen LogP contribution < -0.4 is 5.73 Å². The van der Waals surface area contributed by atoms with E-state index >= 15 is 0 Å². The van der Waals surface area contributed by atoms with Crippen LogP contribution in [-0.2, 0) is 4.74 Å². The van der Waals surface area contributed by atoms with E-state index in [1.165, 1.54) is 38.8 Å². The molecule has 0 aliphatic heterocycles. The molecule has 21 heavy (non-hydrogen) atoms. The monoisotopic (exact) mass is 298 g/mol. The summed E-state index contributed by atoms with van der Waals surface area (Å²) in [5.74, 6) is 1.52. The predicted molar refractivity (Wildman–Crippen MR) is 91.5 cm³/mol. The minimum atomic E-state index is 0.221. The van der Waals surface area contributed by atoms with Crippen LogP contribution in [0.5, 0.6) is 0 Å². The van der Waals surface area contributed by atoms with E-state index < -0.39 is 0 Å². The molecule has 3 nitrogen and oxygen atoms in total. The van der Waals surface area contributed by atoms with Crippen LogP contribution in [0.2, 0.25) is 0 Å². The highest BCUT2D eigenvalue weighted by Crippen LogP contribution is 2.35. The smallest absolute Gasteiger partial charge is 0.0572 e. The summed E-state index contributed by atoms with van der Waals surface area (Å²) in [6, 6.07) is 0. The van der Waals surface area contributed by atoms with Crippen molar-refractivity contribution in [1.29, 1.82) is 0 Å². The largest absolute Gasteiger partial charge is 0.381 e. The van der Waals surface area contributed by atoms with Gasteiger partial charge in [-0.15, -0.1) is 0 Å². The van der Waals surface area contributed by atoms with E-state index in [-0.39, 0.29) is 5.54 Å². The molecule has 1 aliphatic carbocycles. The molecule has 0 aromatic heterocycles. The molecule has 0 aromatic carbocycles. The van der Waals surface area contributed by atoms with Gasteiger partial charge in [-0.05, 0) is 63.5 Å². The Balaban J connectivity index is 2.71. The molecule has 126 valence electrons. The molecule has 0 bridgehead atoms. The van der Waals surface area contributed by atoms with Gasteiger partial charge in [-0.2, -0.15) is 0 Å². The summed E-state index contributed by atoms with van der Waals surface area (Å²) in [5, 5.41) is 0. The molecular weight excluding hydrogens is 260 g/mol. The maximum absolute atomic E-state index is 6.26. The maximum Gasteiger partial charge on any atom is 0.0572 e. The Bertz CT molecular complexity index is 258. The standard InChI is InChI=1S/C18H38N2O/c1-15(2)8-12-20(13-9-16(3)4)18(14-19)10-6-17(21-5)7-11-18/h15-17H,6-14,19H2,1-5H3. The lowest BCUT2D eigenvalue weighted by Crippen LogP contribution is -2.57. The van der Waals surface area contributed by atoms with Crippen LogP contribution in [0.25, 0.3) is 0 Å². The molecule has 1 aliphatic rings. The summed E-state index contributed by atoms with van der Waals surface area (Å²) >= 11 is 0. The molecule has 0 radical (unpaired) electrons. The van der Waals surface area contributed by atoms with Crippen LogP contribution in [0.1, 0.15) is 66.2 Å². The zero-order chi connectivity index (χ0) is 15.9. The summed E-state index contributed by atoms with van der Waals surface area (Å²) in [4.78, 5) is 2.72. The van der Waals surface area contributed by atoms with Crippen molar-refractivity contribution in [3.63, 3.8) is 0 Å². The number of nitrogens with zero attached hydrogens (tertiary/aromatic N) is 1. The topological polar surface area (TPSA) is 38.5 Å². The summed E-state index contributed by atoms with van der Waals surface area (Å²) in [5.41, 5.74) is 6.48. The van der Waals surface area contributed by atoms with Crippen molar-refractivity contribution in [3.05, 3.63) is 0 Å². The lowest BCUT2D eigenvalue weighted by atomic mass is 9.78. The second kappa shape index (κ2) is 9.12. The van der Waals surface area contributed by atoms with Gasteiger partial charge in [-0.25, -0.2) is 0 Å². The van der Waals surface area contributed by atoms with Crippen molar-refractivity contribution in [3.8, 4) is 0 Å². The molecule has 0 heterocycles. The molecule has 0 spiro atoms. The molecule has 1 rings (SSSR count). The summed E-state index contributed by atoms with van der Waals surface area (Å²) in [7, 11) is 1.84. The van der Waals surface area contributed by atoms with Crippen LogP contribution in [0.15, 0.2) is 0 Å². The van der Waals surface area contributed by atoms with Crippen LogP contribution >= 0.6 is 0 Å². The highest BCUT2D eigenvalue weighted by Gasteiger charge is 2.39. The van der Waals surface area contributed by atoms with E-state index in [0.717, 1.165) is 31.2 Å². The van der Waals surface area contributed by atoms with Gasteiger partial charge in [0.05, 0.1) is 6.10 Å². The Morgan fingerprint density at radius 3 is 1.86 bits per heavy atom. The fourth-order valence-corrected chi connectivity index (χ4v) is 3.43. The first-order valence-electron chi connectivity index (χ1n) is 8.91. The van der Waals surface area contributed by atoms with Gasteiger partial charge in [0.25, 0.3) is 0 Å². The van der Waals surface area contributed by atoms with E-state index in [4.69, 9.17) is 10.5 Å². The Hall–Kier alpha value is -0.120. The van der Waals surface area contributed by atoms with Gasteiger partial charge in [0.2, 0.25) is 0 Å². The van der Waals surface area contributed by atoms with Gasteiger partial charge in [-0.1, -0.05) is 27.7 Å². The quantitative estimate of drug-likeness (QED) is 0.706. The fourth-order valence-electron chi connectivity index (χ4n) is 3.43. The zero-order valence-electron chi connectivity index (χ0n) is 15.0. The van der Waals surface area contributed by atoms with Gasteiger partial charge in [-0.3, -0.25) is 4.90 Å². The van der Waals surface area contributed by atoms with Gasteiger partial charge >= 0.3 is 0 Å². The fraction of sp³-hybridized carbons (Fsp3) is 1.00. The first-order valence-corrected chi connectivity index (χ1v) is 8.91. The van der Waals surface area contributed by atoms with Crippen molar-refractivity contribution >= 4 is 0 Å². The van der Waals surface area contributed by atoms with Crippen LogP contribution in [-0.4, -0.2) is 43.3 Å². The molecular formula is C18H38N2O. The normalized spacial score (nSPS) is 27.0. The van der Waals surface area contributed by atoms with E-state index in [9.17, 15) is 0 Å². The third kappa shape index (κ3) is 5.88. The van der Waals surface area contributed by atoms with E-state index in [0.29, 0.717) is 6.10 Å². The minimum absolute atomic E-state index is 0.221. The van der Waals surface area contributed by atoms with E-state index in [2.05, 4.69) is 32.6 Å². The molecule has 1 fully saturated rings. The SMILES string of the molecule is COC1CCC(CN)(N(CCC(C)C)CCC(C)C)CC1. The number of rotatable bonds is 9. The van der Waals surface area contributed by atoms with E-state index in [1.54, 1.807) is 0 Å². The van der Waals surface area contributed by atoms with Gasteiger partial charge in [0.1, 0.15) is 0 Å². The number of hydrogen-bond acceptors (Lipinski definition) is 3. The number of ether oxygens (including phenoxy) is 1. The average Bonchev–Trinajstić information content (AvgIpc) is 2.47. The Labute approximate surface area is 132 Å². The lowest BCUT2D eigenvalue weighted by Gasteiger charge is -2.48. The predicted octanol–water partition coefficient (Wildman–Crippen LogP) is 3.67. The van der Waals surface area contributed by atoms with Crippen molar-refractivity contribution in [2.75, 3.05) is 26.7 Å². The Kier molecular flexibility index (Phi) is 8.22. The van der Waals surface area contributed by atoms with Crippen molar-refractivity contribution in [2.45, 2.75) is 77.9 Å². The number of nitrogens with two attached hydrogens (primary N) is 1. The zero-order valence-corrected chi connectivity index (χ0v) is 15.0. The lowest BCUT2D eigenvalue weighted by molar-refractivity contribution is -0.0103. The Morgan fingerprint density at radius 1 is 1.05 bits per heavy atom. The molecule has 0 atom stereocenters. The summed E-state index contributed by atoms with van der Waals surface area (Å²) in [6.45, 7) is 12.4. The second-order valence-electron chi connectivity index (χ2n) is 7.72. The molecule has 0 aromatic rings. The van der Waals surface area contributed by atoms with E-state index in [1.807, 2.05) is 7.11 Å². The average molecular weight is 299 g/mol. The van der Waals surface area contributed by atoms with Gasteiger partial charge < -0.3 is 10.5 Å². The Morgan fingerprint density at radius 2 is 1.52 bits per heavy atom. The van der Waals surface area contributed by atoms with Crippen molar-refractivity contribution < 1.29 is 4.74 Å². The maximum atomic E-state index is 6.26. The minimum Gasteiger partial charge on any atom is -0.381 e. The molecule has 0 saturated heterocycles. The summed E-state index contributed by atoms with van der Waals surface area (Å²) < 4.78 is 5.55. The number of methoxy groups -OCH3 is 1. The van der Waals surface area contributed by atoms with Gasteiger partial charge in [0, 0.05) is 19.2 Å². The molecule has 3 heteroatoms. The number of hydrogen-bond donors (Lipinski definition) is 1. The first-order chi connectivity index (χ1) is 9.93. The first kappa shape index (κ1) is 18.9. The molecule has 0 amide bonds. The third-order valence-corrected chi connectivity index (χ3v) is 5.20. The van der Waals surface area contributed by atoms with Crippen LogP contribution in [0.4, 0.5) is 0 Å². The van der Waals surface area contributed by atoms with Gasteiger partial charge in [0.15, 0.2) is 0 Å². The van der Waals surface area contributed by atoms with Crippen molar-refractivity contribution in [2.24, 2.45) is 17.6 Å². The summed E-state index contributed by atoms with van der Waals surface area (Å²) in [6.07, 6.45) is 7.69. The second-order valence-corrected chi connectivity index (χ2v) is 7.72.